The maximum atomic E-state index is 13.0. The van der Waals surface area contributed by atoms with Gasteiger partial charge in [-0.05, 0) is 24.6 Å². The van der Waals surface area contributed by atoms with Crippen LogP contribution in [0.1, 0.15) is 21.5 Å². The molecule has 0 saturated carbocycles. The summed E-state index contributed by atoms with van der Waals surface area (Å²) in [6.07, 6.45) is 0.225. The van der Waals surface area contributed by atoms with Crippen LogP contribution in [0.3, 0.4) is 0 Å². The minimum Gasteiger partial charge on any atom is -0.294 e. The van der Waals surface area contributed by atoms with E-state index in [1.165, 1.54) is 12.1 Å². The number of carbonyl (C=O) groups excluding carboxylic acids is 1. The molecule has 0 heterocycles. The summed E-state index contributed by atoms with van der Waals surface area (Å²) >= 11 is 5.68. The van der Waals surface area contributed by atoms with Gasteiger partial charge in [0.15, 0.2) is 5.78 Å². The smallest absolute Gasteiger partial charge is 0.167 e. The summed E-state index contributed by atoms with van der Waals surface area (Å²) in [5.41, 5.74) is 2.48. The van der Waals surface area contributed by atoms with Gasteiger partial charge in [-0.15, -0.1) is 0 Å². The number of benzene rings is 2. The second kappa shape index (κ2) is 5.32. The van der Waals surface area contributed by atoms with Crippen LogP contribution in [0.15, 0.2) is 42.5 Å². The van der Waals surface area contributed by atoms with Crippen molar-refractivity contribution in [1.29, 1.82) is 0 Å². The molecule has 0 N–H and O–H groups in total. The van der Waals surface area contributed by atoms with Gasteiger partial charge < -0.3 is 0 Å². The molecule has 2 aromatic carbocycles. The number of hydrogen-bond donors (Lipinski definition) is 0. The van der Waals surface area contributed by atoms with Crippen molar-refractivity contribution < 1.29 is 9.18 Å². The Morgan fingerprint density at radius 3 is 2.44 bits per heavy atom. The minimum atomic E-state index is -0.469. The van der Waals surface area contributed by atoms with Crippen molar-refractivity contribution in [3.05, 3.63) is 70.0 Å². The molecule has 1 nitrogen and oxygen atoms in total. The molecule has 3 heteroatoms. The van der Waals surface area contributed by atoms with E-state index in [1.54, 1.807) is 18.2 Å². The lowest BCUT2D eigenvalue weighted by Crippen LogP contribution is -2.03. The van der Waals surface area contributed by atoms with Crippen LogP contribution >= 0.6 is 11.6 Å². The van der Waals surface area contributed by atoms with Gasteiger partial charge >= 0.3 is 0 Å². The highest BCUT2D eigenvalue weighted by Gasteiger charge is 2.08. The largest absolute Gasteiger partial charge is 0.294 e. The average molecular weight is 263 g/mol. The summed E-state index contributed by atoms with van der Waals surface area (Å²) in [5, 5.41) is 0.0456. The molecule has 0 atom stereocenters. The predicted octanol–water partition coefficient (Wildman–Crippen LogP) is 4.21. The molecule has 0 aromatic heterocycles. The third-order valence-electron chi connectivity index (χ3n) is 2.72. The number of ketones is 1. The number of carbonyl (C=O) groups is 1. The number of rotatable bonds is 3. The summed E-state index contributed by atoms with van der Waals surface area (Å²) in [5.74, 6) is -0.471. The van der Waals surface area contributed by atoms with Crippen LogP contribution in [0, 0.1) is 12.7 Å². The normalized spacial score (nSPS) is 10.4. The predicted molar refractivity (Wildman–Crippen MR) is 70.6 cm³/mol. The van der Waals surface area contributed by atoms with Gasteiger partial charge in [-0.25, -0.2) is 4.39 Å². The summed E-state index contributed by atoms with van der Waals surface area (Å²) < 4.78 is 13.0. The third-order valence-corrected chi connectivity index (χ3v) is 3.01. The lowest BCUT2D eigenvalue weighted by atomic mass is 10.0. The summed E-state index contributed by atoms with van der Waals surface area (Å²) in [6, 6.07) is 11.7. The van der Waals surface area contributed by atoms with Gasteiger partial charge in [0.1, 0.15) is 5.82 Å². The molecule has 0 amide bonds. The fraction of sp³-hybridized carbons (Fsp3) is 0.133. The molecule has 0 aliphatic carbocycles. The van der Waals surface area contributed by atoms with Crippen molar-refractivity contribution >= 4 is 17.4 Å². The Kier molecular flexibility index (Phi) is 3.78. The first-order chi connectivity index (χ1) is 8.56. The Morgan fingerprint density at radius 1 is 1.17 bits per heavy atom. The molecule has 0 aliphatic heterocycles. The molecule has 92 valence electrons. The molecule has 0 aliphatic rings. The average Bonchev–Trinajstić information content (AvgIpc) is 2.34. The zero-order chi connectivity index (χ0) is 13.1. The third kappa shape index (κ3) is 2.96. The van der Waals surface area contributed by atoms with Crippen molar-refractivity contribution in [2.45, 2.75) is 13.3 Å². The molecular weight excluding hydrogens is 251 g/mol. The van der Waals surface area contributed by atoms with Crippen molar-refractivity contribution in [2.24, 2.45) is 0 Å². The summed E-state index contributed by atoms with van der Waals surface area (Å²) in [7, 11) is 0. The van der Waals surface area contributed by atoms with Crippen molar-refractivity contribution in [3.8, 4) is 0 Å². The van der Waals surface area contributed by atoms with Crippen molar-refractivity contribution in [1.82, 2.24) is 0 Å². The minimum absolute atomic E-state index is 0.00215. The van der Waals surface area contributed by atoms with Crippen LogP contribution in [-0.2, 0) is 6.42 Å². The van der Waals surface area contributed by atoms with Crippen LogP contribution in [-0.4, -0.2) is 5.78 Å². The van der Waals surface area contributed by atoms with Gasteiger partial charge in [0.25, 0.3) is 0 Å². The van der Waals surface area contributed by atoms with Gasteiger partial charge in [-0.2, -0.15) is 0 Å². The van der Waals surface area contributed by atoms with E-state index in [-0.39, 0.29) is 17.2 Å². The van der Waals surface area contributed by atoms with Crippen LogP contribution < -0.4 is 0 Å². The fourth-order valence-corrected chi connectivity index (χ4v) is 1.88. The lowest BCUT2D eigenvalue weighted by Gasteiger charge is -2.03. The second-order valence-corrected chi connectivity index (χ2v) is 4.62. The van der Waals surface area contributed by atoms with Crippen molar-refractivity contribution in [2.75, 3.05) is 0 Å². The van der Waals surface area contributed by atoms with E-state index in [0.29, 0.717) is 11.1 Å². The van der Waals surface area contributed by atoms with E-state index in [0.717, 1.165) is 5.56 Å². The zero-order valence-electron chi connectivity index (χ0n) is 9.91. The first kappa shape index (κ1) is 12.8. The SMILES string of the molecule is Cc1ccc(C(=O)Cc2ccc(F)c(Cl)c2)cc1. The number of halogens is 2. The maximum Gasteiger partial charge on any atom is 0.167 e. The molecule has 0 bridgehead atoms. The monoisotopic (exact) mass is 262 g/mol. The molecule has 2 rings (SSSR count). The van der Waals surface area contributed by atoms with Crippen LogP contribution in [0.4, 0.5) is 4.39 Å². The molecular formula is C15H12ClFO. The Balaban J connectivity index is 2.16. The van der Waals surface area contributed by atoms with Crippen LogP contribution in [0.5, 0.6) is 0 Å². The first-order valence-electron chi connectivity index (χ1n) is 5.60. The van der Waals surface area contributed by atoms with Gasteiger partial charge in [0.2, 0.25) is 0 Å². The molecule has 2 aromatic rings. The molecule has 0 spiro atoms. The number of aryl methyl sites for hydroxylation is 1. The summed E-state index contributed by atoms with van der Waals surface area (Å²) in [6.45, 7) is 1.97. The van der Waals surface area contributed by atoms with Crippen molar-refractivity contribution in [3.63, 3.8) is 0 Å². The Labute approximate surface area is 110 Å². The van der Waals surface area contributed by atoms with E-state index in [4.69, 9.17) is 11.6 Å². The van der Waals surface area contributed by atoms with E-state index < -0.39 is 5.82 Å². The Bertz CT molecular complexity index is 576. The van der Waals surface area contributed by atoms with Crippen LogP contribution in [0.25, 0.3) is 0 Å². The summed E-state index contributed by atoms with van der Waals surface area (Å²) in [4.78, 5) is 12.0. The zero-order valence-corrected chi connectivity index (χ0v) is 10.7. The van der Waals surface area contributed by atoms with E-state index in [2.05, 4.69) is 0 Å². The highest BCUT2D eigenvalue weighted by atomic mass is 35.5. The maximum absolute atomic E-state index is 13.0. The van der Waals surface area contributed by atoms with E-state index in [9.17, 15) is 9.18 Å². The highest BCUT2D eigenvalue weighted by molar-refractivity contribution is 6.30. The molecule has 18 heavy (non-hydrogen) atoms. The van der Waals surface area contributed by atoms with Crippen LogP contribution in [0.2, 0.25) is 5.02 Å². The van der Waals surface area contributed by atoms with E-state index >= 15 is 0 Å². The molecule has 0 fully saturated rings. The Morgan fingerprint density at radius 2 is 1.83 bits per heavy atom. The standard InChI is InChI=1S/C15H12ClFO/c1-10-2-5-12(6-3-10)15(18)9-11-4-7-14(17)13(16)8-11/h2-8H,9H2,1H3. The number of hydrogen-bond acceptors (Lipinski definition) is 1. The van der Waals surface area contributed by atoms with Gasteiger partial charge in [-0.3, -0.25) is 4.79 Å². The Hall–Kier alpha value is -1.67. The lowest BCUT2D eigenvalue weighted by molar-refractivity contribution is 0.0993. The fourth-order valence-electron chi connectivity index (χ4n) is 1.68. The first-order valence-corrected chi connectivity index (χ1v) is 5.98. The second-order valence-electron chi connectivity index (χ2n) is 4.21. The quantitative estimate of drug-likeness (QED) is 0.757. The van der Waals surface area contributed by atoms with Gasteiger partial charge in [0.05, 0.1) is 5.02 Å². The topological polar surface area (TPSA) is 17.1 Å². The molecule has 0 saturated heterocycles. The number of Topliss-reactive ketones (excluding diaryl/α,β-unsaturated/α-hetero) is 1. The van der Waals surface area contributed by atoms with Gasteiger partial charge in [-0.1, -0.05) is 47.5 Å². The highest BCUT2D eigenvalue weighted by Crippen LogP contribution is 2.17. The van der Waals surface area contributed by atoms with E-state index in [1.807, 2.05) is 19.1 Å². The molecule has 0 radical (unpaired) electrons. The molecule has 0 unspecified atom stereocenters. The van der Waals surface area contributed by atoms with Gasteiger partial charge in [0, 0.05) is 12.0 Å².